The molecular formula is C36H68N2Si3. The summed E-state index contributed by atoms with van der Waals surface area (Å²) in [6.45, 7) is 48.1. The van der Waals surface area contributed by atoms with Crippen LogP contribution in [0.15, 0.2) is 23.7 Å². The molecular weight excluding hydrogens is 545 g/mol. The normalized spacial score (nSPS) is 32.5. The smallest absolute Gasteiger partial charge is 0.279 e. The lowest BCUT2D eigenvalue weighted by atomic mass is 10.0. The zero-order valence-electron chi connectivity index (χ0n) is 30.7. The molecule has 5 rings (SSSR count). The molecule has 0 N–H and O–H groups in total. The number of hydrogen-bond donors (Lipinski definition) is 0. The highest BCUT2D eigenvalue weighted by atomic mass is 29.3. The molecule has 4 atom stereocenters. The maximum Gasteiger partial charge on any atom is 0.279 e. The lowest BCUT2D eigenvalue weighted by molar-refractivity contribution is 0.330. The molecule has 0 unspecified atom stereocenters. The summed E-state index contributed by atoms with van der Waals surface area (Å²) in [5.41, 5.74) is 5.23. The Morgan fingerprint density at radius 2 is 1.07 bits per heavy atom. The molecule has 0 bridgehead atoms. The van der Waals surface area contributed by atoms with Gasteiger partial charge in [0.2, 0.25) is 0 Å². The molecule has 4 heterocycles. The first-order chi connectivity index (χ1) is 18.2. The molecule has 5 aliphatic rings. The Bertz CT molecular complexity index is 1110. The number of nitrogens with zero attached hydrogens (tertiary/aromatic N) is 2. The van der Waals surface area contributed by atoms with Crippen molar-refractivity contribution in [3.63, 3.8) is 0 Å². The minimum Gasteiger partial charge on any atom is -0.379 e. The molecule has 41 heavy (non-hydrogen) atoms. The minimum atomic E-state index is -2.23. The van der Waals surface area contributed by atoms with Crippen molar-refractivity contribution in [2.24, 2.45) is 5.92 Å². The third-order valence-electron chi connectivity index (χ3n) is 13.5. The van der Waals surface area contributed by atoms with E-state index < -0.39 is 23.6 Å². The monoisotopic (exact) mass is 612 g/mol. The Labute approximate surface area is 259 Å². The fourth-order valence-corrected chi connectivity index (χ4v) is 58.2. The molecule has 234 valence electrons. The first-order valence-electron chi connectivity index (χ1n) is 17.2. The Morgan fingerprint density at radius 3 is 1.49 bits per heavy atom. The van der Waals surface area contributed by atoms with Crippen LogP contribution >= 0.6 is 0 Å². The number of hydrogen-bond acceptors (Lipinski definition) is 2. The van der Waals surface area contributed by atoms with E-state index in [2.05, 4.69) is 146 Å². The zero-order chi connectivity index (χ0) is 31.4. The lowest BCUT2D eigenvalue weighted by Crippen LogP contribution is -2.90. The molecule has 5 heteroatoms. The Hall–Kier alpha value is -0.269. The van der Waals surface area contributed by atoms with E-state index in [1.165, 1.54) is 25.7 Å². The maximum absolute atomic E-state index is 3.26. The Morgan fingerprint density at radius 1 is 0.610 bits per heavy atom. The predicted molar refractivity (Wildman–Crippen MR) is 189 cm³/mol. The van der Waals surface area contributed by atoms with Gasteiger partial charge in [-0.1, -0.05) is 137 Å². The second-order valence-corrected chi connectivity index (χ2v) is 41.7. The number of rotatable bonds is 0. The summed E-state index contributed by atoms with van der Waals surface area (Å²) in [5.74, 6) is 0.883. The van der Waals surface area contributed by atoms with E-state index >= 15 is 0 Å². The van der Waals surface area contributed by atoms with Gasteiger partial charge in [0.15, 0.2) is 0 Å². The van der Waals surface area contributed by atoms with Crippen LogP contribution in [-0.2, 0) is 0 Å². The van der Waals surface area contributed by atoms with E-state index in [1.54, 1.807) is 0 Å². The van der Waals surface area contributed by atoms with Crippen molar-refractivity contribution in [2.75, 3.05) is 0 Å². The second kappa shape index (κ2) is 8.50. The van der Waals surface area contributed by atoms with Crippen LogP contribution in [0.5, 0.6) is 0 Å². The van der Waals surface area contributed by atoms with Gasteiger partial charge in [0, 0.05) is 17.4 Å². The standard InChI is InChI=1S/C36H68N2Si3/c1-31(2,3)39(32(4,5)6)28-22-23-37-29(30(28)40(39,33(7,8)9)34(10,11)12)27-24-25-20-19-21-26(25)38(27)41(37,35(13,14)15)36(16,17)18/h22-23,25-26,28,30H,19-21,24H2,1-18H3/t25-,26-,28-,30-/m1/s1. The molecule has 2 nitrogen and oxygen atoms in total. The van der Waals surface area contributed by atoms with Gasteiger partial charge in [-0.25, -0.2) is 0 Å². The average Bonchev–Trinajstić information content (AvgIpc) is 3.32. The van der Waals surface area contributed by atoms with Crippen molar-refractivity contribution < 1.29 is 0 Å². The van der Waals surface area contributed by atoms with Crippen LogP contribution in [0.4, 0.5) is 0 Å². The highest BCUT2D eigenvalue weighted by Gasteiger charge is 2.88. The highest BCUT2D eigenvalue weighted by Crippen LogP contribution is 2.86. The third-order valence-corrected chi connectivity index (χ3v) is 48.8. The van der Waals surface area contributed by atoms with E-state index in [4.69, 9.17) is 0 Å². The zero-order valence-corrected chi connectivity index (χ0v) is 33.7. The van der Waals surface area contributed by atoms with Gasteiger partial charge in [-0.15, -0.1) is 0 Å². The van der Waals surface area contributed by atoms with Crippen LogP contribution in [-0.4, -0.2) is 38.8 Å². The van der Waals surface area contributed by atoms with Crippen LogP contribution in [0.3, 0.4) is 0 Å². The van der Waals surface area contributed by atoms with Gasteiger partial charge in [0.25, 0.3) is 8.40 Å². The topological polar surface area (TPSA) is 6.48 Å². The summed E-state index contributed by atoms with van der Waals surface area (Å²) in [4.78, 5) is 0. The molecule has 2 saturated heterocycles. The van der Waals surface area contributed by atoms with Crippen molar-refractivity contribution in [3.8, 4) is 0 Å². The SMILES string of the molecule is CC(C)(C)[Si]1(C(C)(C)C)N2C=C[C@@H]3[C@H](C2=C2C[C@H]4CCC[C@H]4N21)[Si](C(C)(C)C)(C(C)(C)C)[Si]3(C(C)(C)C)C(C)(C)C. The molecule has 1 aliphatic carbocycles. The van der Waals surface area contributed by atoms with Crippen LogP contribution in [0.1, 0.15) is 150 Å². The summed E-state index contributed by atoms with van der Waals surface area (Å²) in [6.07, 6.45) is 11.3. The van der Waals surface area contributed by atoms with Gasteiger partial charge in [-0.3, -0.25) is 0 Å². The first-order valence-corrected chi connectivity index (χ1v) is 24.2. The molecule has 4 aliphatic heterocycles. The van der Waals surface area contributed by atoms with Crippen LogP contribution in [0.2, 0.25) is 41.3 Å². The second-order valence-electron chi connectivity index (χ2n) is 21.2. The maximum atomic E-state index is 3.26. The Balaban J connectivity index is 1.94. The minimum absolute atomic E-state index is 0.243. The summed E-state index contributed by atoms with van der Waals surface area (Å²) in [6, 6.07) is 0.771. The molecule has 0 aromatic carbocycles. The molecule has 3 fully saturated rings. The number of fused-ring (bicyclic) bond motifs is 6. The third kappa shape index (κ3) is 3.36. The van der Waals surface area contributed by atoms with Crippen molar-refractivity contribution in [3.05, 3.63) is 23.7 Å². The van der Waals surface area contributed by atoms with E-state index in [0.717, 1.165) is 23.0 Å². The number of allylic oxidation sites excluding steroid dienone is 3. The molecule has 0 aromatic heterocycles. The fourth-order valence-electron chi connectivity index (χ4n) is 14.6. The van der Waals surface area contributed by atoms with Crippen molar-refractivity contribution in [1.29, 1.82) is 0 Å². The molecule has 0 radical (unpaired) electrons. The molecule has 0 spiro atoms. The molecule has 1 saturated carbocycles. The summed E-state index contributed by atoms with van der Waals surface area (Å²) < 4.78 is 6.37. The lowest BCUT2D eigenvalue weighted by Gasteiger charge is -2.84. The predicted octanol–water partition coefficient (Wildman–Crippen LogP) is 11.9. The molecule has 0 aromatic rings. The van der Waals surface area contributed by atoms with Crippen LogP contribution < -0.4 is 0 Å². The fraction of sp³-hybridized carbons (Fsp3) is 0.889. The van der Waals surface area contributed by atoms with Crippen molar-refractivity contribution in [1.82, 2.24) is 9.13 Å². The average molecular weight is 613 g/mol. The van der Waals surface area contributed by atoms with Crippen molar-refractivity contribution >= 4 is 23.6 Å². The van der Waals surface area contributed by atoms with Gasteiger partial charge < -0.3 is 9.13 Å². The van der Waals surface area contributed by atoms with E-state index in [-0.39, 0.29) is 10.1 Å². The van der Waals surface area contributed by atoms with Gasteiger partial charge in [-0.05, 0) is 72.7 Å². The van der Waals surface area contributed by atoms with E-state index in [0.29, 0.717) is 20.2 Å². The Kier molecular flexibility index (Phi) is 6.66. The van der Waals surface area contributed by atoms with Crippen LogP contribution in [0.25, 0.3) is 0 Å². The van der Waals surface area contributed by atoms with Crippen molar-refractivity contribution in [2.45, 2.75) is 198 Å². The summed E-state index contributed by atoms with van der Waals surface area (Å²) >= 11 is 0. The van der Waals surface area contributed by atoms with E-state index in [1.807, 2.05) is 11.4 Å². The van der Waals surface area contributed by atoms with Gasteiger partial charge in [-0.2, -0.15) is 0 Å². The highest BCUT2D eigenvalue weighted by molar-refractivity contribution is 7.51. The quantitative estimate of drug-likeness (QED) is 0.251. The van der Waals surface area contributed by atoms with Crippen LogP contribution in [0, 0.1) is 5.92 Å². The van der Waals surface area contributed by atoms with E-state index in [9.17, 15) is 0 Å². The summed E-state index contributed by atoms with van der Waals surface area (Å²) in [5, 5.41) is 1.85. The van der Waals surface area contributed by atoms with Gasteiger partial charge in [0.1, 0.15) is 0 Å². The molecule has 0 amide bonds. The summed E-state index contributed by atoms with van der Waals surface area (Å²) in [7, 11) is -6.21. The first kappa shape index (κ1) is 32.1. The van der Waals surface area contributed by atoms with Gasteiger partial charge >= 0.3 is 0 Å². The largest absolute Gasteiger partial charge is 0.379 e. The van der Waals surface area contributed by atoms with Gasteiger partial charge in [0.05, 0.1) is 15.2 Å².